The van der Waals surface area contributed by atoms with E-state index in [-0.39, 0.29) is 16.6 Å². The van der Waals surface area contributed by atoms with Gasteiger partial charge < -0.3 is 9.73 Å². The molecular formula is C19H18N2O4S. The van der Waals surface area contributed by atoms with Crippen LogP contribution in [0, 0.1) is 13.8 Å². The number of furan rings is 1. The number of nitrogens with one attached hydrogen (secondary N) is 2. The van der Waals surface area contributed by atoms with E-state index in [0.29, 0.717) is 17.1 Å². The van der Waals surface area contributed by atoms with E-state index in [2.05, 4.69) is 10.0 Å². The van der Waals surface area contributed by atoms with Gasteiger partial charge in [-0.25, -0.2) is 8.42 Å². The van der Waals surface area contributed by atoms with Crippen LogP contribution in [0.3, 0.4) is 0 Å². The Labute approximate surface area is 151 Å². The SMILES string of the molecule is Cc1ccc(S(=O)(=O)Nc2ccc(NC(=O)c3ccc(C)o3)cc2)cc1. The zero-order valence-electron chi connectivity index (χ0n) is 14.3. The van der Waals surface area contributed by atoms with E-state index in [4.69, 9.17) is 4.42 Å². The Kier molecular flexibility index (Phi) is 4.81. The van der Waals surface area contributed by atoms with Crippen molar-refractivity contribution in [3.05, 3.63) is 77.7 Å². The molecule has 3 aromatic rings. The molecule has 0 unspecified atom stereocenters. The third kappa shape index (κ3) is 4.12. The smallest absolute Gasteiger partial charge is 0.291 e. The molecule has 0 aliphatic rings. The molecule has 1 aromatic heterocycles. The summed E-state index contributed by atoms with van der Waals surface area (Å²) < 4.78 is 32.5. The van der Waals surface area contributed by atoms with Gasteiger partial charge in [-0.15, -0.1) is 0 Å². The second-order valence-electron chi connectivity index (χ2n) is 5.86. The van der Waals surface area contributed by atoms with Crippen molar-refractivity contribution < 1.29 is 17.6 Å². The Morgan fingerprint density at radius 2 is 1.46 bits per heavy atom. The van der Waals surface area contributed by atoms with Gasteiger partial charge in [-0.3, -0.25) is 9.52 Å². The highest BCUT2D eigenvalue weighted by Gasteiger charge is 2.14. The standard InChI is InChI=1S/C19H18N2O4S/c1-13-3-10-17(11-4-13)26(23,24)21-16-8-6-15(7-9-16)20-19(22)18-12-5-14(2)25-18/h3-12,21H,1-2H3,(H,20,22). The summed E-state index contributed by atoms with van der Waals surface area (Å²) in [5.41, 5.74) is 1.91. The Hall–Kier alpha value is -3.06. The van der Waals surface area contributed by atoms with E-state index < -0.39 is 10.0 Å². The second-order valence-corrected chi connectivity index (χ2v) is 7.54. The number of carbonyl (C=O) groups excluding carboxylic acids is 1. The number of rotatable bonds is 5. The molecule has 0 saturated carbocycles. The summed E-state index contributed by atoms with van der Waals surface area (Å²) in [6.45, 7) is 3.65. The van der Waals surface area contributed by atoms with Crippen molar-refractivity contribution >= 4 is 27.3 Å². The first-order valence-corrected chi connectivity index (χ1v) is 9.39. The van der Waals surface area contributed by atoms with Gasteiger partial charge in [0.1, 0.15) is 5.76 Å². The summed E-state index contributed by atoms with van der Waals surface area (Å²) in [4.78, 5) is 12.2. The maximum absolute atomic E-state index is 12.4. The van der Waals surface area contributed by atoms with Crippen LogP contribution in [0.2, 0.25) is 0 Å². The van der Waals surface area contributed by atoms with Crippen molar-refractivity contribution in [3.8, 4) is 0 Å². The normalized spacial score (nSPS) is 11.2. The van der Waals surface area contributed by atoms with Gasteiger partial charge in [0, 0.05) is 11.4 Å². The van der Waals surface area contributed by atoms with Gasteiger partial charge in [0.05, 0.1) is 4.90 Å². The molecule has 0 aliphatic carbocycles. The fourth-order valence-electron chi connectivity index (χ4n) is 2.30. The van der Waals surface area contributed by atoms with Gasteiger partial charge in [-0.1, -0.05) is 17.7 Å². The Bertz CT molecular complexity index is 1020. The van der Waals surface area contributed by atoms with Gasteiger partial charge in [0.25, 0.3) is 15.9 Å². The maximum atomic E-state index is 12.4. The highest BCUT2D eigenvalue weighted by molar-refractivity contribution is 7.92. The average molecular weight is 370 g/mol. The molecule has 0 aliphatic heterocycles. The number of hydrogen-bond donors (Lipinski definition) is 2. The molecule has 1 heterocycles. The topological polar surface area (TPSA) is 88.4 Å². The second kappa shape index (κ2) is 7.05. The molecule has 1 amide bonds. The van der Waals surface area contributed by atoms with E-state index in [0.717, 1.165) is 5.56 Å². The molecule has 0 atom stereocenters. The molecule has 3 rings (SSSR count). The van der Waals surface area contributed by atoms with Crippen molar-refractivity contribution in [3.63, 3.8) is 0 Å². The number of benzene rings is 2. The summed E-state index contributed by atoms with van der Waals surface area (Å²) in [7, 11) is -3.66. The van der Waals surface area contributed by atoms with Crippen molar-refractivity contribution in [2.45, 2.75) is 18.7 Å². The summed E-state index contributed by atoms with van der Waals surface area (Å²) in [5, 5.41) is 2.69. The van der Waals surface area contributed by atoms with Crippen LogP contribution < -0.4 is 10.0 Å². The van der Waals surface area contributed by atoms with E-state index in [1.165, 1.54) is 0 Å². The van der Waals surface area contributed by atoms with E-state index in [9.17, 15) is 13.2 Å². The molecule has 134 valence electrons. The maximum Gasteiger partial charge on any atom is 0.291 e. The van der Waals surface area contributed by atoms with Crippen molar-refractivity contribution in [2.75, 3.05) is 10.0 Å². The molecule has 0 saturated heterocycles. The molecule has 7 heteroatoms. The van der Waals surface area contributed by atoms with Crippen LogP contribution in [0.25, 0.3) is 0 Å². The molecular weight excluding hydrogens is 352 g/mol. The molecule has 0 fully saturated rings. The molecule has 6 nitrogen and oxygen atoms in total. The van der Waals surface area contributed by atoms with E-state index >= 15 is 0 Å². The first-order valence-electron chi connectivity index (χ1n) is 7.91. The van der Waals surface area contributed by atoms with Gasteiger partial charge in [-0.2, -0.15) is 0 Å². The van der Waals surface area contributed by atoms with Gasteiger partial charge in [-0.05, 0) is 62.4 Å². The number of aryl methyl sites for hydroxylation is 2. The third-order valence-electron chi connectivity index (χ3n) is 3.69. The first-order chi connectivity index (χ1) is 12.3. The van der Waals surface area contributed by atoms with Crippen LogP contribution in [0.4, 0.5) is 11.4 Å². The minimum Gasteiger partial charge on any atom is -0.456 e. The Morgan fingerprint density at radius 1 is 0.846 bits per heavy atom. The fourth-order valence-corrected chi connectivity index (χ4v) is 3.36. The number of amides is 1. The fraction of sp³-hybridized carbons (Fsp3) is 0.105. The molecule has 2 N–H and O–H groups in total. The minimum atomic E-state index is -3.66. The van der Waals surface area contributed by atoms with Crippen LogP contribution in [0.1, 0.15) is 21.9 Å². The molecule has 0 radical (unpaired) electrons. The summed E-state index contributed by atoms with van der Waals surface area (Å²) in [6.07, 6.45) is 0. The Morgan fingerprint density at radius 3 is 2.04 bits per heavy atom. The van der Waals surface area contributed by atoms with Crippen molar-refractivity contribution in [1.82, 2.24) is 0 Å². The largest absolute Gasteiger partial charge is 0.456 e. The number of carbonyl (C=O) groups is 1. The lowest BCUT2D eigenvalue weighted by Gasteiger charge is -2.09. The highest BCUT2D eigenvalue weighted by atomic mass is 32.2. The van der Waals surface area contributed by atoms with Crippen LogP contribution in [0.5, 0.6) is 0 Å². The zero-order chi connectivity index (χ0) is 18.7. The average Bonchev–Trinajstić information content (AvgIpc) is 3.03. The van der Waals surface area contributed by atoms with Gasteiger partial charge in [0.2, 0.25) is 0 Å². The van der Waals surface area contributed by atoms with E-state index in [1.54, 1.807) is 67.6 Å². The van der Waals surface area contributed by atoms with Crippen LogP contribution in [0.15, 0.2) is 70.0 Å². The first kappa shape index (κ1) is 17.8. The van der Waals surface area contributed by atoms with Crippen LogP contribution in [-0.4, -0.2) is 14.3 Å². The lowest BCUT2D eigenvalue weighted by atomic mass is 10.2. The number of sulfonamides is 1. The van der Waals surface area contributed by atoms with Crippen LogP contribution in [-0.2, 0) is 10.0 Å². The van der Waals surface area contributed by atoms with Gasteiger partial charge >= 0.3 is 0 Å². The molecule has 2 aromatic carbocycles. The van der Waals surface area contributed by atoms with Crippen LogP contribution >= 0.6 is 0 Å². The summed E-state index contributed by atoms with van der Waals surface area (Å²) in [6, 6.07) is 16.3. The quantitative estimate of drug-likeness (QED) is 0.712. The monoisotopic (exact) mass is 370 g/mol. The minimum absolute atomic E-state index is 0.189. The third-order valence-corrected chi connectivity index (χ3v) is 5.09. The van der Waals surface area contributed by atoms with Gasteiger partial charge in [0.15, 0.2) is 5.76 Å². The number of hydrogen-bond acceptors (Lipinski definition) is 4. The number of anilines is 2. The zero-order valence-corrected chi connectivity index (χ0v) is 15.1. The molecule has 26 heavy (non-hydrogen) atoms. The lowest BCUT2D eigenvalue weighted by molar-refractivity contribution is 0.0995. The van der Waals surface area contributed by atoms with Crippen molar-refractivity contribution in [1.29, 1.82) is 0 Å². The van der Waals surface area contributed by atoms with E-state index in [1.807, 2.05) is 6.92 Å². The predicted molar refractivity (Wildman–Crippen MR) is 99.8 cm³/mol. The molecule has 0 bridgehead atoms. The highest BCUT2D eigenvalue weighted by Crippen LogP contribution is 2.19. The Balaban J connectivity index is 1.69. The molecule has 0 spiro atoms. The summed E-state index contributed by atoms with van der Waals surface area (Å²) >= 11 is 0. The predicted octanol–water partition coefficient (Wildman–Crippen LogP) is 3.95. The summed E-state index contributed by atoms with van der Waals surface area (Å²) in [5.74, 6) is 0.494. The van der Waals surface area contributed by atoms with Crippen molar-refractivity contribution in [2.24, 2.45) is 0 Å². The lowest BCUT2D eigenvalue weighted by Crippen LogP contribution is -2.13.